The van der Waals surface area contributed by atoms with Crippen LogP contribution in [0.15, 0.2) is 23.5 Å². The fraction of sp³-hybridized carbons (Fsp3) is 0.643. The number of ether oxygens (including phenoxy) is 2. The van der Waals surface area contributed by atoms with Gasteiger partial charge < -0.3 is 9.47 Å². The molecule has 2 heterocycles. The van der Waals surface area contributed by atoms with Crippen LogP contribution in [0.4, 0.5) is 0 Å². The number of allylic oxidation sites excluding steroid dienone is 3. The van der Waals surface area contributed by atoms with Gasteiger partial charge >= 0.3 is 0 Å². The van der Waals surface area contributed by atoms with Gasteiger partial charge in [-0.05, 0) is 32.8 Å². The molecule has 0 amide bonds. The average Bonchev–Trinajstić information content (AvgIpc) is 2.38. The van der Waals surface area contributed by atoms with Crippen molar-refractivity contribution in [2.24, 2.45) is 5.92 Å². The van der Waals surface area contributed by atoms with E-state index < -0.39 is 0 Å². The summed E-state index contributed by atoms with van der Waals surface area (Å²) in [6.07, 6.45) is 6.37. The second-order valence-electron chi connectivity index (χ2n) is 4.62. The number of rotatable bonds is 1. The Balaban J connectivity index is 2.10. The van der Waals surface area contributed by atoms with Crippen LogP contribution in [0.25, 0.3) is 0 Å². The highest BCUT2D eigenvalue weighted by Gasteiger charge is 2.34. The van der Waals surface area contributed by atoms with Crippen LogP contribution in [-0.4, -0.2) is 25.1 Å². The minimum absolute atomic E-state index is 0.00213. The first-order valence-corrected chi connectivity index (χ1v) is 6.36. The molecule has 2 unspecified atom stereocenters. The van der Waals surface area contributed by atoms with E-state index in [1.54, 1.807) is 0 Å². The molecule has 2 fully saturated rings. The summed E-state index contributed by atoms with van der Waals surface area (Å²) >= 11 is 0. The van der Waals surface area contributed by atoms with Crippen molar-refractivity contribution in [1.82, 2.24) is 0 Å². The lowest BCUT2D eigenvalue weighted by Gasteiger charge is -2.34. The Bertz CT molecular complexity index is 348. The maximum Gasteiger partial charge on any atom is 0.169 e. The molecule has 0 aliphatic carbocycles. The quantitative estimate of drug-likeness (QED) is 0.656. The Morgan fingerprint density at radius 1 is 1.29 bits per heavy atom. The van der Waals surface area contributed by atoms with Crippen molar-refractivity contribution < 1.29 is 14.3 Å². The monoisotopic (exact) mass is 236 g/mol. The molecule has 17 heavy (non-hydrogen) atoms. The molecule has 2 rings (SSSR count). The van der Waals surface area contributed by atoms with E-state index in [0.717, 1.165) is 37.4 Å². The van der Waals surface area contributed by atoms with Crippen LogP contribution in [0.3, 0.4) is 0 Å². The highest BCUT2D eigenvalue weighted by molar-refractivity contribution is 6.00. The fourth-order valence-corrected chi connectivity index (χ4v) is 2.55. The Morgan fingerprint density at radius 2 is 2.12 bits per heavy atom. The lowest BCUT2D eigenvalue weighted by Crippen LogP contribution is -2.36. The summed E-state index contributed by atoms with van der Waals surface area (Å²) in [6, 6.07) is 0. The number of ketones is 1. The molecular formula is C14H20O3. The van der Waals surface area contributed by atoms with Crippen molar-refractivity contribution in [1.29, 1.82) is 0 Å². The second-order valence-corrected chi connectivity index (χ2v) is 4.62. The Morgan fingerprint density at radius 3 is 2.71 bits per heavy atom. The Hall–Kier alpha value is -1.09. The number of hydrogen-bond acceptors (Lipinski definition) is 3. The molecule has 94 valence electrons. The maximum atomic E-state index is 12.0. The van der Waals surface area contributed by atoms with Crippen molar-refractivity contribution >= 4 is 5.78 Å². The van der Waals surface area contributed by atoms with Crippen LogP contribution in [0.1, 0.15) is 33.1 Å². The van der Waals surface area contributed by atoms with Crippen molar-refractivity contribution in [2.75, 3.05) is 13.2 Å². The summed E-state index contributed by atoms with van der Waals surface area (Å²) in [4.78, 5) is 12.0. The lowest BCUT2D eigenvalue weighted by molar-refractivity contribution is -0.123. The van der Waals surface area contributed by atoms with Gasteiger partial charge in [0, 0.05) is 18.9 Å². The predicted octanol–water partition coefficient (Wildman–Crippen LogP) is 2.62. The van der Waals surface area contributed by atoms with Gasteiger partial charge in [-0.2, -0.15) is 0 Å². The third kappa shape index (κ3) is 2.60. The van der Waals surface area contributed by atoms with Gasteiger partial charge in [0.2, 0.25) is 0 Å². The molecule has 2 atom stereocenters. The van der Waals surface area contributed by atoms with E-state index in [1.807, 2.05) is 26.0 Å². The van der Waals surface area contributed by atoms with E-state index in [2.05, 4.69) is 0 Å². The third-order valence-corrected chi connectivity index (χ3v) is 3.50. The van der Waals surface area contributed by atoms with E-state index in [-0.39, 0.29) is 11.9 Å². The highest BCUT2D eigenvalue weighted by atomic mass is 16.5. The second kappa shape index (κ2) is 5.50. The standard InChI is InChI=1S/C14H20O3/c1-3-11-12(15)8-14(17-13(11)4-2)10-6-5-7-16-9-10/h3-4,10,14H,5-9H2,1-2H3. The summed E-state index contributed by atoms with van der Waals surface area (Å²) in [7, 11) is 0. The third-order valence-electron chi connectivity index (χ3n) is 3.50. The zero-order valence-electron chi connectivity index (χ0n) is 10.6. The van der Waals surface area contributed by atoms with E-state index in [9.17, 15) is 4.79 Å². The molecule has 2 aliphatic heterocycles. The van der Waals surface area contributed by atoms with E-state index in [0.29, 0.717) is 12.3 Å². The van der Waals surface area contributed by atoms with Crippen LogP contribution in [0, 0.1) is 5.92 Å². The van der Waals surface area contributed by atoms with Gasteiger partial charge in [-0.25, -0.2) is 0 Å². The molecule has 3 heteroatoms. The summed E-state index contributed by atoms with van der Waals surface area (Å²) < 4.78 is 11.4. The molecule has 2 saturated heterocycles. The topological polar surface area (TPSA) is 35.5 Å². The van der Waals surface area contributed by atoms with Gasteiger partial charge in [-0.15, -0.1) is 0 Å². The van der Waals surface area contributed by atoms with Crippen LogP contribution < -0.4 is 0 Å². The largest absolute Gasteiger partial charge is 0.489 e. The van der Waals surface area contributed by atoms with Crippen molar-refractivity contribution in [2.45, 2.75) is 39.2 Å². The summed E-state index contributed by atoms with van der Waals surface area (Å²) in [6.45, 7) is 5.35. The maximum absolute atomic E-state index is 12.0. The van der Waals surface area contributed by atoms with Gasteiger partial charge in [-0.1, -0.05) is 6.08 Å². The van der Waals surface area contributed by atoms with Crippen LogP contribution in [0.2, 0.25) is 0 Å². The first-order chi connectivity index (χ1) is 8.26. The molecule has 0 aromatic carbocycles. The number of carbonyl (C=O) groups is 1. The van der Waals surface area contributed by atoms with E-state index in [1.165, 1.54) is 0 Å². The first kappa shape index (κ1) is 12.4. The van der Waals surface area contributed by atoms with Gasteiger partial charge in [0.1, 0.15) is 11.9 Å². The van der Waals surface area contributed by atoms with E-state index >= 15 is 0 Å². The van der Waals surface area contributed by atoms with Crippen LogP contribution >= 0.6 is 0 Å². The average molecular weight is 236 g/mol. The van der Waals surface area contributed by atoms with Crippen molar-refractivity contribution in [3.05, 3.63) is 23.5 Å². The fourth-order valence-electron chi connectivity index (χ4n) is 2.55. The molecule has 2 aliphatic rings. The summed E-state index contributed by atoms with van der Waals surface area (Å²) in [5.74, 6) is 1.29. The number of hydrogen-bond donors (Lipinski definition) is 0. The minimum Gasteiger partial charge on any atom is -0.489 e. The number of Topliss-reactive ketones (excluding diaryl/α,β-unsaturated/α-hetero) is 1. The van der Waals surface area contributed by atoms with Gasteiger partial charge in [0.15, 0.2) is 5.78 Å². The van der Waals surface area contributed by atoms with Gasteiger partial charge in [-0.3, -0.25) is 4.79 Å². The molecule has 0 bridgehead atoms. The highest BCUT2D eigenvalue weighted by Crippen LogP contribution is 2.31. The lowest BCUT2D eigenvalue weighted by atomic mass is 9.88. The molecule has 0 saturated carbocycles. The zero-order valence-corrected chi connectivity index (χ0v) is 10.6. The SMILES string of the molecule is CC=C1OC(C2CCCOC2)CC(=O)C1=CC. The Kier molecular flexibility index (Phi) is 4.00. The zero-order chi connectivity index (χ0) is 12.3. The van der Waals surface area contributed by atoms with Crippen molar-refractivity contribution in [3.8, 4) is 0 Å². The van der Waals surface area contributed by atoms with Crippen LogP contribution in [-0.2, 0) is 14.3 Å². The van der Waals surface area contributed by atoms with Gasteiger partial charge in [0.25, 0.3) is 0 Å². The van der Waals surface area contributed by atoms with E-state index in [4.69, 9.17) is 9.47 Å². The smallest absolute Gasteiger partial charge is 0.169 e. The van der Waals surface area contributed by atoms with Gasteiger partial charge in [0.05, 0.1) is 12.2 Å². The predicted molar refractivity (Wildman–Crippen MR) is 65.6 cm³/mol. The molecule has 0 aromatic heterocycles. The summed E-state index contributed by atoms with van der Waals surface area (Å²) in [5, 5.41) is 0. The molecule has 0 aromatic rings. The normalized spacial score (nSPS) is 35.1. The van der Waals surface area contributed by atoms with Crippen molar-refractivity contribution in [3.63, 3.8) is 0 Å². The molecule has 3 nitrogen and oxygen atoms in total. The number of carbonyl (C=O) groups excluding carboxylic acids is 1. The minimum atomic E-state index is -0.00213. The first-order valence-electron chi connectivity index (χ1n) is 6.36. The molecule has 0 radical (unpaired) electrons. The summed E-state index contributed by atoms with van der Waals surface area (Å²) in [5.41, 5.74) is 0.723. The molecule has 0 N–H and O–H groups in total. The molecule has 0 spiro atoms. The Labute approximate surface area is 102 Å². The van der Waals surface area contributed by atoms with Crippen LogP contribution in [0.5, 0.6) is 0 Å². The molecular weight excluding hydrogens is 216 g/mol.